The number of hydrogen-bond donors (Lipinski definition) is 1. The summed E-state index contributed by atoms with van der Waals surface area (Å²) in [5, 5.41) is 4.74. The van der Waals surface area contributed by atoms with Crippen LogP contribution in [0, 0.1) is 6.92 Å². The molecule has 1 N–H and O–H groups in total. The molecule has 0 amide bonds. The number of likely N-dealkylation sites (N-methyl/N-ethyl adjacent to an activating group) is 1. The third-order valence-corrected chi connectivity index (χ3v) is 4.14. The Morgan fingerprint density at radius 3 is 2.67 bits per heavy atom. The van der Waals surface area contributed by atoms with E-state index in [9.17, 15) is 0 Å². The number of para-hydroxylation sites is 1. The molecule has 3 rings (SSSR count). The van der Waals surface area contributed by atoms with E-state index >= 15 is 0 Å². The quantitative estimate of drug-likeness (QED) is 0.741. The number of aryl methyl sites for hydroxylation is 1. The molecule has 124 valence electrons. The van der Waals surface area contributed by atoms with E-state index in [1.165, 1.54) is 22.2 Å². The predicted molar refractivity (Wildman–Crippen MR) is 103 cm³/mol. The van der Waals surface area contributed by atoms with E-state index in [4.69, 9.17) is 0 Å². The van der Waals surface area contributed by atoms with Crippen molar-refractivity contribution in [2.24, 2.45) is 0 Å². The molecule has 3 nitrogen and oxygen atoms in total. The van der Waals surface area contributed by atoms with Crippen LogP contribution >= 0.6 is 0 Å². The maximum atomic E-state index is 4.64. The standard InChI is InChI=1S/C21H25N3/c1-16-13-18(20-9-4-5-10-21(20)23-16)14-17-7-6-8-19(15-17)22-11-12-24(2)3/h4-10,13,15,22H,11-12,14H2,1-3H3. The van der Waals surface area contributed by atoms with E-state index in [0.29, 0.717) is 0 Å². The lowest BCUT2D eigenvalue weighted by Gasteiger charge is -2.13. The molecule has 3 heteroatoms. The van der Waals surface area contributed by atoms with Crippen LogP contribution in [0.25, 0.3) is 10.9 Å². The Morgan fingerprint density at radius 1 is 1.00 bits per heavy atom. The van der Waals surface area contributed by atoms with Crippen molar-refractivity contribution >= 4 is 16.6 Å². The summed E-state index contributed by atoms with van der Waals surface area (Å²) >= 11 is 0. The van der Waals surface area contributed by atoms with Crippen LogP contribution in [0.15, 0.2) is 54.6 Å². The van der Waals surface area contributed by atoms with E-state index in [1.54, 1.807) is 0 Å². The number of fused-ring (bicyclic) bond motifs is 1. The molecular weight excluding hydrogens is 294 g/mol. The zero-order valence-corrected chi connectivity index (χ0v) is 14.7. The van der Waals surface area contributed by atoms with E-state index in [-0.39, 0.29) is 0 Å². The second-order valence-corrected chi connectivity index (χ2v) is 6.55. The van der Waals surface area contributed by atoms with Gasteiger partial charge in [-0.05, 0) is 62.8 Å². The van der Waals surface area contributed by atoms with Gasteiger partial charge in [-0.3, -0.25) is 4.98 Å². The average Bonchev–Trinajstić information content (AvgIpc) is 2.55. The molecule has 24 heavy (non-hydrogen) atoms. The minimum atomic E-state index is 0.924. The summed E-state index contributed by atoms with van der Waals surface area (Å²) in [5.74, 6) is 0. The molecule has 0 atom stereocenters. The minimum absolute atomic E-state index is 0.924. The van der Waals surface area contributed by atoms with Crippen molar-refractivity contribution < 1.29 is 0 Å². The van der Waals surface area contributed by atoms with Crippen molar-refractivity contribution in [3.05, 3.63) is 71.4 Å². The highest BCUT2D eigenvalue weighted by atomic mass is 15.1. The van der Waals surface area contributed by atoms with E-state index in [0.717, 1.165) is 30.7 Å². The van der Waals surface area contributed by atoms with E-state index in [2.05, 4.69) is 84.8 Å². The Hall–Kier alpha value is -2.39. The van der Waals surface area contributed by atoms with E-state index < -0.39 is 0 Å². The van der Waals surface area contributed by atoms with Crippen LogP contribution in [0.4, 0.5) is 5.69 Å². The van der Waals surface area contributed by atoms with Crippen LogP contribution in [0.2, 0.25) is 0 Å². The maximum absolute atomic E-state index is 4.64. The zero-order valence-electron chi connectivity index (χ0n) is 14.7. The van der Waals surface area contributed by atoms with Gasteiger partial charge >= 0.3 is 0 Å². The van der Waals surface area contributed by atoms with Gasteiger partial charge in [-0.2, -0.15) is 0 Å². The molecule has 0 spiro atoms. The summed E-state index contributed by atoms with van der Waals surface area (Å²) in [6, 6.07) is 19.3. The number of pyridine rings is 1. The van der Waals surface area contributed by atoms with Crippen molar-refractivity contribution in [3.63, 3.8) is 0 Å². The number of nitrogens with zero attached hydrogens (tertiary/aromatic N) is 2. The van der Waals surface area contributed by atoms with Crippen molar-refractivity contribution in [3.8, 4) is 0 Å². The summed E-state index contributed by atoms with van der Waals surface area (Å²) in [7, 11) is 4.18. The van der Waals surface area contributed by atoms with Gasteiger partial charge < -0.3 is 10.2 Å². The summed E-state index contributed by atoms with van der Waals surface area (Å²) in [5.41, 5.74) is 5.99. The summed E-state index contributed by atoms with van der Waals surface area (Å²) in [6.07, 6.45) is 0.924. The Bertz CT molecular complexity index is 824. The number of nitrogens with one attached hydrogen (secondary N) is 1. The highest BCUT2D eigenvalue weighted by Gasteiger charge is 2.05. The topological polar surface area (TPSA) is 28.2 Å². The first-order valence-electron chi connectivity index (χ1n) is 8.44. The highest BCUT2D eigenvalue weighted by molar-refractivity contribution is 5.82. The van der Waals surface area contributed by atoms with Gasteiger partial charge in [-0.1, -0.05) is 30.3 Å². The predicted octanol–water partition coefficient (Wildman–Crippen LogP) is 4.11. The molecule has 0 unspecified atom stereocenters. The van der Waals surface area contributed by atoms with Crippen molar-refractivity contribution in [2.45, 2.75) is 13.3 Å². The molecule has 0 saturated carbocycles. The molecule has 3 aromatic rings. The number of hydrogen-bond acceptors (Lipinski definition) is 3. The van der Waals surface area contributed by atoms with Crippen LogP contribution in [0.5, 0.6) is 0 Å². The Morgan fingerprint density at radius 2 is 1.83 bits per heavy atom. The third-order valence-electron chi connectivity index (χ3n) is 4.14. The normalized spacial score (nSPS) is 11.2. The molecule has 1 aromatic heterocycles. The van der Waals surface area contributed by atoms with Gasteiger partial charge in [-0.25, -0.2) is 0 Å². The van der Waals surface area contributed by atoms with Crippen LogP contribution in [0.1, 0.15) is 16.8 Å². The molecular formula is C21H25N3. The first kappa shape index (κ1) is 16.5. The SMILES string of the molecule is Cc1cc(Cc2cccc(NCCN(C)C)c2)c2ccccc2n1. The van der Waals surface area contributed by atoms with Gasteiger partial charge in [0.25, 0.3) is 0 Å². The number of aromatic nitrogens is 1. The molecule has 0 aliphatic rings. The summed E-state index contributed by atoms with van der Waals surface area (Å²) in [6.45, 7) is 4.04. The van der Waals surface area contributed by atoms with E-state index in [1.807, 2.05) is 6.07 Å². The fraction of sp³-hybridized carbons (Fsp3) is 0.286. The minimum Gasteiger partial charge on any atom is -0.384 e. The highest BCUT2D eigenvalue weighted by Crippen LogP contribution is 2.22. The largest absolute Gasteiger partial charge is 0.384 e. The molecule has 1 heterocycles. The molecule has 0 saturated heterocycles. The monoisotopic (exact) mass is 319 g/mol. The van der Waals surface area contributed by atoms with Crippen LogP contribution in [-0.4, -0.2) is 37.1 Å². The van der Waals surface area contributed by atoms with Gasteiger partial charge in [0, 0.05) is 29.9 Å². The first-order chi connectivity index (χ1) is 11.6. The molecule has 0 radical (unpaired) electrons. The molecule has 0 aliphatic heterocycles. The summed E-state index contributed by atoms with van der Waals surface area (Å²) < 4.78 is 0. The second kappa shape index (κ2) is 7.45. The van der Waals surface area contributed by atoms with Gasteiger partial charge in [-0.15, -0.1) is 0 Å². The number of anilines is 1. The van der Waals surface area contributed by atoms with Gasteiger partial charge in [0.15, 0.2) is 0 Å². The molecule has 0 bridgehead atoms. The smallest absolute Gasteiger partial charge is 0.0708 e. The maximum Gasteiger partial charge on any atom is 0.0708 e. The lowest BCUT2D eigenvalue weighted by Crippen LogP contribution is -2.20. The van der Waals surface area contributed by atoms with Gasteiger partial charge in [0.05, 0.1) is 5.52 Å². The number of rotatable bonds is 6. The van der Waals surface area contributed by atoms with Gasteiger partial charge in [0.2, 0.25) is 0 Å². The van der Waals surface area contributed by atoms with Crippen LogP contribution < -0.4 is 5.32 Å². The fourth-order valence-corrected chi connectivity index (χ4v) is 2.98. The van der Waals surface area contributed by atoms with Crippen LogP contribution in [-0.2, 0) is 6.42 Å². The zero-order chi connectivity index (χ0) is 16.9. The average molecular weight is 319 g/mol. The molecule has 0 aliphatic carbocycles. The lowest BCUT2D eigenvalue weighted by molar-refractivity contribution is 0.425. The van der Waals surface area contributed by atoms with Crippen LogP contribution in [0.3, 0.4) is 0 Å². The van der Waals surface area contributed by atoms with Crippen molar-refractivity contribution in [2.75, 3.05) is 32.5 Å². The first-order valence-corrected chi connectivity index (χ1v) is 8.44. The Kier molecular flexibility index (Phi) is 5.11. The number of benzene rings is 2. The molecule has 2 aromatic carbocycles. The Balaban J connectivity index is 1.81. The van der Waals surface area contributed by atoms with Crippen molar-refractivity contribution in [1.29, 1.82) is 0 Å². The van der Waals surface area contributed by atoms with Gasteiger partial charge in [0.1, 0.15) is 0 Å². The second-order valence-electron chi connectivity index (χ2n) is 6.55. The summed E-state index contributed by atoms with van der Waals surface area (Å²) in [4.78, 5) is 6.82. The fourth-order valence-electron chi connectivity index (χ4n) is 2.98. The molecule has 0 fully saturated rings. The lowest BCUT2D eigenvalue weighted by atomic mass is 10.00. The van der Waals surface area contributed by atoms with Crippen molar-refractivity contribution in [1.82, 2.24) is 9.88 Å². The Labute approximate surface area is 144 Å². The third kappa shape index (κ3) is 4.12.